The van der Waals surface area contributed by atoms with Crippen LogP contribution in [0.5, 0.6) is 0 Å². The van der Waals surface area contributed by atoms with E-state index >= 15 is 0 Å². The smallest absolute Gasteiger partial charge is 0.254 e. The lowest BCUT2D eigenvalue weighted by molar-refractivity contribution is 0.0816. The summed E-state index contributed by atoms with van der Waals surface area (Å²) in [6, 6.07) is 1.88. The summed E-state index contributed by atoms with van der Waals surface area (Å²) in [5, 5.41) is 3.85. The average molecular weight is 227 g/mol. The quantitative estimate of drug-likeness (QED) is 0.727. The molecule has 0 unspecified atom stereocenters. The molecule has 4 heteroatoms. The predicted octanol–water partition coefficient (Wildman–Crippen LogP) is 2.70. The third kappa shape index (κ3) is 3.27. The second-order valence-corrected chi connectivity index (χ2v) is 11.0. The van der Waals surface area contributed by atoms with Gasteiger partial charge in [0.2, 0.25) is 0 Å². The van der Waals surface area contributed by atoms with Gasteiger partial charge in [-0.3, -0.25) is 4.79 Å². The Labute approximate surface area is 90.6 Å². The molecule has 0 saturated heterocycles. The summed E-state index contributed by atoms with van der Waals surface area (Å²) >= 11 is 1.57. The van der Waals surface area contributed by atoms with Gasteiger partial charge in [0.15, 0.2) is 0 Å². The first-order valence-corrected chi connectivity index (χ1v) is 9.33. The van der Waals surface area contributed by atoms with Gasteiger partial charge in [-0.25, -0.2) is 0 Å². The molecule has 0 fully saturated rings. The molecule has 0 saturated carbocycles. The molecule has 1 rings (SSSR count). The molecular weight excluding hydrogens is 210 g/mol. The van der Waals surface area contributed by atoms with Crippen molar-refractivity contribution in [3.63, 3.8) is 0 Å². The van der Waals surface area contributed by atoms with Crippen LogP contribution in [0, 0.1) is 0 Å². The van der Waals surface area contributed by atoms with Crippen LogP contribution in [-0.4, -0.2) is 32.1 Å². The van der Waals surface area contributed by atoms with Gasteiger partial charge in [0.1, 0.15) is 0 Å². The van der Waals surface area contributed by atoms with E-state index in [1.807, 2.05) is 28.8 Å². The fourth-order valence-electron chi connectivity index (χ4n) is 1.39. The molecule has 1 aromatic heterocycles. The van der Waals surface area contributed by atoms with Gasteiger partial charge in [-0.15, -0.1) is 0 Å². The number of nitrogens with zero attached hydrogens (tertiary/aromatic N) is 1. The molecule has 1 amide bonds. The minimum absolute atomic E-state index is 0.147. The number of hydrogen-bond donors (Lipinski definition) is 0. The summed E-state index contributed by atoms with van der Waals surface area (Å²) in [6.07, 6.45) is 0.918. The highest BCUT2D eigenvalue weighted by molar-refractivity contribution is 7.08. The normalized spacial score (nSPS) is 11.4. The number of carbonyl (C=O) groups excluding carboxylic acids is 1. The molecule has 78 valence electrons. The Balaban J connectivity index is 2.63. The summed E-state index contributed by atoms with van der Waals surface area (Å²) < 4.78 is 0. The van der Waals surface area contributed by atoms with Crippen LogP contribution < -0.4 is 0 Å². The molecule has 0 aliphatic carbocycles. The molecule has 0 aliphatic heterocycles. The maximum atomic E-state index is 11.8. The van der Waals surface area contributed by atoms with E-state index < -0.39 is 8.07 Å². The van der Waals surface area contributed by atoms with Gasteiger partial charge in [0.25, 0.3) is 5.91 Å². The summed E-state index contributed by atoms with van der Waals surface area (Å²) in [4.78, 5) is 13.7. The molecule has 0 atom stereocenters. The van der Waals surface area contributed by atoms with Crippen molar-refractivity contribution in [1.29, 1.82) is 0 Å². The van der Waals surface area contributed by atoms with Crippen LogP contribution >= 0.6 is 11.3 Å². The standard InChI is InChI=1S/C10H17NOSSi/c1-11(8-14(2,3)4)10(12)9-5-6-13-7-9/h5-7H,8H2,1-4H3. The maximum Gasteiger partial charge on any atom is 0.254 e. The number of hydrogen-bond acceptors (Lipinski definition) is 2. The Morgan fingerprint density at radius 1 is 1.50 bits per heavy atom. The van der Waals surface area contributed by atoms with Crippen molar-refractivity contribution in [2.45, 2.75) is 19.6 Å². The van der Waals surface area contributed by atoms with E-state index in [0.717, 1.165) is 11.7 Å². The van der Waals surface area contributed by atoms with Gasteiger partial charge < -0.3 is 4.90 Å². The Hall–Kier alpha value is -0.613. The topological polar surface area (TPSA) is 20.3 Å². The average Bonchev–Trinajstić information content (AvgIpc) is 2.51. The summed E-state index contributed by atoms with van der Waals surface area (Å²) in [7, 11) is 0.700. The predicted molar refractivity (Wildman–Crippen MR) is 64.6 cm³/mol. The van der Waals surface area contributed by atoms with Crippen molar-refractivity contribution < 1.29 is 4.79 Å². The van der Waals surface area contributed by atoms with E-state index in [4.69, 9.17) is 0 Å². The van der Waals surface area contributed by atoms with Crippen molar-refractivity contribution in [3.8, 4) is 0 Å². The lowest BCUT2D eigenvalue weighted by Gasteiger charge is -2.24. The summed E-state index contributed by atoms with van der Waals surface area (Å²) in [5.74, 6) is 0.147. The number of rotatable bonds is 3. The second kappa shape index (κ2) is 4.27. The van der Waals surface area contributed by atoms with E-state index in [2.05, 4.69) is 19.6 Å². The van der Waals surface area contributed by atoms with Crippen LogP contribution in [0.3, 0.4) is 0 Å². The molecule has 0 spiro atoms. The largest absolute Gasteiger partial charge is 0.345 e. The Morgan fingerprint density at radius 3 is 2.57 bits per heavy atom. The minimum atomic E-state index is -1.19. The highest BCUT2D eigenvalue weighted by Crippen LogP contribution is 2.10. The Bertz CT molecular complexity index is 302. The SMILES string of the molecule is CN(C[Si](C)(C)C)C(=O)c1ccsc1. The van der Waals surface area contributed by atoms with E-state index in [1.54, 1.807) is 11.3 Å². The number of amides is 1. The zero-order valence-corrected chi connectivity index (χ0v) is 11.0. The fourth-order valence-corrected chi connectivity index (χ4v) is 3.59. The highest BCUT2D eigenvalue weighted by atomic mass is 32.1. The van der Waals surface area contributed by atoms with E-state index in [1.165, 1.54) is 0 Å². The fraction of sp³-hybridized carbons (Fsp3) is 0.500. The van der Waals surface area contributed by atoms with Gasteiger partial charge >= 0.3 is 0 Å². The number of thiophene rings is 1. The van der Waals surface area contributed by atoms with Gasteiger partial charge in [-0.2, -0.15) is 11.3 Å². The zero-order chi connectivity index (χ0) is 10.8. The van der Waals surface area contributed by atoms with Gasteiger partial charge in [0.05, 0.1) is 13.6 Å². The van der Waals surface area contributed by atoms with Crippen LogP contribution in [0.25, 0.3) is 0 Å². The minimum Gasteiger partial charge on any atom is -0.345 e. The van der Waals surface area contributed by atoms with Crippen molar-refractivity contribution in [3.05, 3.63) is 22.4 Å². The molecule has 14 heavy (non-hydrogen) atoms. The molecule has 0 bridgehead atoms. The Morgan fingerprint density at radius 2 is 2.14 bits per heavy atom. The Kier molecular flexibility index (Phi) is 3.50. The van der Waals surface area contributed by atoms with Crippen LogP contribution in [0.15, 0.2) is 16.8 Å². The first-order valence-electron chi connectivity index (χ1n) is 4.68. The second-order valence-electron chi connectivity index (χ2n) is 4.73. The molecule has 0 aromatic carbocycles. The van der Waals surface area contributed by atoms with Crippen molar-refractivity contribution in [2.75, 3.05) is 13.2 Å². The third-order valence-corrected chi connectivity index (χ3v) is 3.93. The molecule has 0 radical (unpaired) electrons. The first kappa shape index (κ1) is 11.5. The van der Waals surface area contributed by atoms with Crippen molar-refractivity contribution in [1.82, 2.24) is 4.90 Å². The van der Waals surface area contributed by atoms with E-state index in [-0.39, 0.29) is 5.91 Å². The van der Waals surface area contributed by atoms with Crippen LogP contribution in [-0.2, 0) is 0 Å². The molecular formula is C10H17NOSSi. The van der Waals surface area contributed by atoms with Crippen molar-refractivity contribution >= 4 is 25.3 Å². The maximum absolute atomic E-state index is 11.8. The van der Waals surface area contributed by atoms with Gasteiger partial charge in [0, 0.05) is 18.6 Å². The lowest BCUT2D eigenvalue weighted by atomic mass is 10.3. The highest BCUT2D eigenvalue weighted by Gasteiger charge is 2.20. The lowest BCUT2D eigenvalue weighted by Crippen LogP contribution is -2.41. The van der Waals surface area contributed by atoms with E-state index in [9.17, 15) is 4.79 Å². The van der Waals surface area contributed by atoms with Crippen LogP contribution in [0.2, 0.25) is 19.6 Å². The molecule has 0 aliphatic rings. The summed E-state index contributed by atoms with van der Waals surface area (Å²) in [5.41, 5.74) is 0.816. The molecule has 1 heterocycles. The van der Waals surface area contributed by atoms with Crippen LogP contribution in [0.4, 0.5) is 0 Å². The van der Waals surface area contributed by atoms with Gasteiger partial charge in [-0.05, 0) is 11.4 Å². The van der Waals surface area contributed by atoms with E-state index in [0.29, 0.717) is 0 Å². The zero-order valence-electron chi connectivity index (χ0n) is 9.20. The van der Waals surface area contributed by atoms with Crippen molar-refractivity contribution in [2.24, 2.45) is 0 Å². The molecule has 2 nitrogen and oxygen atoms in total. The number of carbonyl (C=O) groups is 1. The van der Waals surface area contributed by atoms with Crippen LogP contribution in [0.1, 0.15) is 10.4 Å². The third-order valence-electron chi connectivity index (χ3n) is 1.83. The molecule has 1 aromatic rings. The van der Waals surface area contributed by atoms with Gasteiger partial charge in [-0.1, -0.05) is 19.6 Å². The summed E-state index contributed by atoms with van der Waals surface area (Å²) in [6.45, 7) is 6.80. The first-order chi connectivity index (χ1) is 6.40. The monoisotopic (exact) mass is 227 g/mol. The molecule has 0 N–H and O–H groups in total.